The summed E-state index contributed by atoms with van der Waals surface area (Å²) in [4.78, 5) is 24.6. The van der Waals surface area contributed by atoms with Crippen molar-refractivity contribution >= 4 is 28.5 Å². The second-order valence-corrected chi connectivity index (χ2v) is 7.26. The number of pyridine rings is 1. The maximum Gasteiger partial charge on any atom is 0.278 e. The van der Waals surface area contributed by atoms with Gasteiger partial charge < -0.3 is 14.1 Å². The molecule has 0 atom stereocenters. The van der Waals surface area contributed by atoms with Gasteiger partial charge in [-0.05, 0) is 56.9 Å². The first-order valence-electron chi connectivity index (χ1n) is 9.58. The summed E-state index contributed by atoms with van der Waals surface area (Å²) in [6.45, 7) is 1.97. The highest BCUT2D eigenvalue weighted by Gasteiger charge is 2.17. The predicted molar refractivity (Wildman–Crippen MR) is 107 cm³/mol. The molecule has 3 aromatic heterocycles. The van der Waals surface area contributed by atoms with E-state index in [1.165, 1.54) is 12.8 Å². The van der Waals surface area contributed by atoms with Gasteiger partial charge in [0.25, 0.3) is 5.91 Å². The zero-order chi connectivity index (χ0) is 19.1. The summed E-state index contributed by atoms with van der Waals surface area (Å²) in [5, 5.41) is 2.80. The Kier molecular flexibility index (Phi) is 4.00. The van der Waals surface area contributed by atoms with Crippen LogP contribution in [-0.2, 0) is 0 Å². The Morgan fingerprint density at radius 2 is 2.07 bits per heavy atom. The highest BCUT2D eigenvalue weighted by Crippen LogP contribution is 2.26. The quantitative estimate of drug-likeness (QED) is 0.563. The van der Waals surface area contributed by atoms with Crippen molar-refractivity contribution in [3.8, 4) is 5.75 Å². The van der Waals surface area contributed by atoms with Crippen molar-refractivity contribution in [2.24, 2.45) is 0 Å². The summed E-state index contributed by atoms with van der Waals surface area (Å²) in [6.07, 6.45) is 6.71. The topological polar surface area (TPSA) is 84.3 Å². The van der Waals surface area contributed by atoms with Crippen LogP contribution in [-0.4, -0.2) is 31.4 Å². The van der Waals surface area contributed by atoms with Crippen molar-refractivity contribution in [2.75, 3.05) is 5.32 Å². The first-order chi connectivity index (χ1) is 13.7. The molecule has 4 aromatic rings. The van der Waals surface area contributed by atoms with E-state index >= 15 is 0 Å². The zero-order valence-electron chi connectivity index (χ0n) is 15.6. The maximum atomic E-state index is 12.6. The molecule has 142 valence electrons. The smallest absolute Gasteiger partial charge is 0.278 e. The van der Waals surface area contributed by atoms with E-state index in [0.717, 1.165) is 41.0 Å². The summed E-state index contributed by atoms with van der Waals surface area (Å²) in [5.41, 5.74) is 3.71. The number of aromatic nitrogens is 4. The second-order valence-electron chi connectivity index (χ2n) is 7.26. The number of nitrogens with zero attached hydrogens (tertiary/aromatic N) is 3. The number of ether oxygens (including phenoxy) is 1. The third-order valence-electron chi connectivity index (χ3n) is 5.22. The molecule has 3 heterocycles. The lowest BCUT2D eigenvalue weighted by atomic mass is 10.3. The summed E-state index contributed by atoms with van der Waals surface area (Å²) < 4.78 is 7.92. The van der Waals surface area contributed by atoms with Gasteiger partial charge in [0.15, 0.2) is 0 Å². The molecule has 7 heteroatoms. The summed E-state index contributed by atoms with van der Waals surface area (Å²) in [5.74, 6) is 0.913. The number of rotatable bonds is 4. The molecule has 1 aliphatic carbocycles. The normalized spacial score (nSPS) is 14.8. The third kappa shape index (κ3) is 3.09. The summed E-state index contributed by atoms with van der Waals surface area (Å²) in [6, 6.07) is 11.5. The Morgan fingerprint density at radius 1 is 1.21 bits per heavy atom. The highest BCUT2D eigenvalue weighted by molar-refractivity contribution is 6.03. The molecule has 0 saturated heterocycles. The van der Waals surface area contributed by atoms with Crippen LogP contribution in [0.5, 0.6) is 5.75 Å². The molecule has 1 aromatic carbocycles. The molecular formula is C21H21N5O2. The standard InChI is InChI=1S/C21H21N5O2/c1-13-5-4-8-19-22-18(12-26(13)19)20(27)25-21-23-16-10-9-15(11-17(16)24-21)28-14-6-2-3-7-14/h4-5,8-12,14H,2-3,6-7H2,1H3,(H2,23,24,25,27). The van der Waals surface area contributed by atoms with Crippen LogP contribution in [0, 0.1) is 6.92 Å². The molecule has 1 fully saturated rings. The van der Waals surface area contributed by atoms with E-state index in [1.807, 2.05) is 47.7 Å². The van der Waals surface area contributed by atoms with Crippen LogP contribution in [0.2, 0.25) is 0 Å². The molecule has 0 unspecified atom stereocenters. The van der Waals surface area contributed by atoms with Crippen LogP contribution >= 0.6 is 0 Å². The van der Waals surface area contributed by atoms with Crippen molar-refractivity contribution in [3.63, 3.8) is 0 Å². The second kappa shape index (κ2) is 6.67. The minimum atomic E-state index is -0.301. The molecule has 28 heavy (non-hydrogen) atoms. The molecule has 1 amide bonds. The summed E-state index contributed by atoms with van der Waals surface area (Å²) in [7, 11) is 0. The van der Waals surface area contributed by atoms with Crippen LogP contribution in [0.3, 0.4) is 0 Å². The molecule has 0 aliphatic heterocycles. The van der Waals surface area contributed by atoms with Gasteiger partial charge in [-0.3, -0.25) is 10.1 Å². The van der Waals surface area contributed by atoms with Gasteiger partial charge in [-0.25, -0.2) is 9.97 Å². The Bertz CT molecular complexity index is 1170. The van der Waals surface area contributed by atoms with Crippen LogP contribution in [0.25, 0.3) is 16.7 Å². The number of aryl methyl sites for hydroxylation is 1. The Balaban J connectivity index is 1.36. The Morgan fingerprint density at radius 3 is 2.89 bits per heavy atom. The number of fused-ring (bicyclic) bond motifs is 2. The van der Waals surface area contributed by atoms with Gasteiger partial charge in [0.05, 0.1) is 17.1 Å². The van der Waals surface area contributed by atoms with Crippen LogP contribution < -0.4 is 10.1 Å². The average molecular weight is 375 g/mol. The highest BCUT2D eigenvalue weighted by atomic mass is 16.5. The van der Waals surface area contributed by atoms with Gasteiger partial charge in [-0.2, -0.15) is 0 Å². The van der Waals surface area contributed by atoms with Crippen LogP contribution in [0.1, 0.15) is 41.9 Å². The molecule has 2 N–H and O–H groups in total. The Hall–Kier alpha value is -3.35. The van der Waals surface area contributed by atoms with Gasteiger partial charge in [-0.1, -0.05) is 6.07 Å². The lowest BCUT2D eigenvalue weighted by Gasteiger charge is -2.12. The lowest BCUT2D eigenvalue weighted by molar-refractivity contribution is 0.102. The fraction of sp³-hybridized carbons (Fsp3) is 0.286. The monoisotopic (exact) mass is 375 g/mol. The SMILES string of the molecule is Cc1cccc2nc(C(=O)Nc3nc4cc(OC5CCCC5)ccc4[nH]3)cn12. The number of carbonyl (C=O) groups is 1. The van der Waals surface area contributed by atoms with E-state index in [-0.39, 0.29) is 5.91 Å². The number of benzene rings is 1. The van der Waals surface area contributed by atoms with Crippen molar-refractivity contribution in [1.82, 2.24) is 19.4 Å². The number of imidazole rings is 2. The molecule has 0 spiro atoms. The number of anilines is 1. The molecule has 7 nitrogen and oxygen atoms in total. The van der Waals surface area contributed by atoms with Gasteiger partial charge in [0.1, 0.15) is 17.1 Å². The minimum absolute atomic E-state index is 0.300. The maximum absolute atomic E-state index is 12.6. The van der Waals surface area contributed by atoms with Gasteiger partial charge in [0, 0.05) is 18.0 Å². The number of carbonyl (C=O) groups excluding carboxylic acids is 1. The number of H-pyrrole nitrogens is 1. The van der Waals surface area contributed by atoms with E-state index in [0.29, 0.717) is 17.7 Å². The van der Waals surface area contributed by atoms with Gasteiger partial charge in [0.2, 0.25) is 5.95 Å². The number of aromatic amines is 1. The molecule has 1 saturated carbocycles. The minimum Gasteiger partial charge on any atom is -0.490 e. The van der Waals surface area contributed by atoms with Gasteiger partial charge >= 0.3 is 0 Å². The Labute approximate surface area is 161 Å². The molecule has 0 radical (unpaired) electrons. The van der Waals surface area contributed by atoms with Crippen LogP contribution in [0.15, 0.2) is 42.6 Å². The fourth-order valence-electron chi connectivity index (χ4n) is 3.75. The number of hydrogen-bond acceptors (Lipinski definition) is 4. The third-order valence-corrected chi connectivity index (χ3v) is 5.22. The molecular weight excluding hydrogens is 354 g/mol. The van der Waals surface area contributed by atoms with E-state index < -0.39 is 0 Å². The van der Waals surface area contributed by atoms with Crippen LogP contribution in [0.4, 0.5) is 5.95 Å². The van der Waals surface area contributed by atoms with E-state index in [1.54, 1.807) is 6.20 Å². The van der Waals surface area contributed by atoms with Crippen molar-refractivity contribution < 1.29 is 9.53 Å². The number of nitrogens with one attached hydrogen (secondary N) is 2. The molecule has 1 aliphatic rings. The predicted octanol–water partition coefficient (Wildman–Crippen LogP) is 4.09. The van der Waals surface area contributed by atoms with Crippen molar-refractivity contribution in [3.05, 3.63) is 54.0 Å². The van der Waals surface area contributed by atoms with Crippen molar-refractivity contribution in [1.29, 1.82) is 0 Å². The van der Waals surface area contributed by atoms with Crippen molar-refractivity contribution in [2.45, 2.75) is 38.7 Å². The largest absolute Gasteiger partial charge is 0.490 e. The molecule has 5 rings (SSSR count). The molecule has 0 bridgehead atoms. The van der Waals surface area contributed by atoms with Gasteiger partial charge in [-0.15, -0.1) is 0 Å². The first kappa shape index (κ1) is 16.8. The number of amides is 1. The zero-order valence-corrected chi connectivity index (χ0v) is 15.6. The summed E-state index contributed by atoms with van der Waals surface area (Å²) >= 11 is 0. The van der Waals surface area contributed by atoms with E-state index in [2.05, 4.69) is 20.3 Å². The lowest BCUT2D eigenvalue weighted by Crippen LogP contribution is -2.13. The first-order valence-corrected chi connectivity index (χ1v) is 9.58. The average Bonchev–Trinajstić information content (AvgIpc) is 3.40. The van der Waals surface area contributed by atoms with E-state index in [9.17, 15) is 4.79 Å². The fourth-order valence-corrected chi connectivity index (χ4v) is 3.75. The van der Waals surface area contributed by atoms with E-state index in [4.69, 9.17) is 4.74 Å². The number of hydrogen-bond donors (Lipinski definition) is 2.